The molecule has 2 N–H and O–H groups in total. The number of hydrogen-bond donors (Lipinski definition) is 2. The summed E-state index contributed by atoms with van der Waals surface area (Å²) in [6.07, 6.45) is 1.94. The average Bonchev–Trinajstić information content (AvgIpc) is 3.41. The van der Waals surface area contributed by atoms with E-state index in [1.54, 1.807) is 17.0 Å². The van der Waals surface area contributed by atoms with E-state index in [0.29, 0.717) is 38.4 Å². The number of carbonyl (C=O) groups excluding carboxylic acids is 2. The maximum Gasteiger partial charge on any atom is 0.324 e. The van der Waals surface area contributed by atoms with Gasteiger partial charge in [-0.1, -0.05) is 48.5 Å². The molecule has 7 heteroatoms. The Morgan fingerprint density at radius 1 is 0.943 bits per heavy atom. The van der Waals surface area contributed by atoms with Crippen LogP contribution in [0.1, 0.15) is 15.9 Å². The standard InChI is InChI=1S/C28H27N3O4/c32-19-27(33)22-6-4-20(5-7-22)18-31(28(34)30-14-16-35-17-15-30)23-10-8-21(9-11-23)24-2-1-3-26-25(24)12-13-29-26/h1-13,29,32H,14-19H2. The first-order valence-electron chi connectivity index (χ1n) is 11.7. The Hall–Kier alpha value is -3.94. The first-order valence-corrected chi connectivity index (χ1v) is 11.7. The molecule has 178 valence electrons. The zero-order valence-corrected chi connectivity index (χ0v) is 19.3. The molecule has 0 bridgehead atoms. The molecule has 0 atom stereocenters. The predicted octanol–water partition coefficient (Wildman–Crippen LogP) is 4.47. The van der Waals surface area contributed by atoms with Crippen molar-refractivity contribution in [1.82, 2.24) is 9.88 Å². The highest BCUT2D eigenvalue weighted by Crippen LogP contribution is 2.30. The number of morpholine rings is 1. The Balaban J connectivity index is 1.44. The molecular formula is C28H27N3O4. The lowest BCUT2D eigenvalue weighted by Crippen LogP contribution is -2.48. The second-order valence-corrected chi connectivity index (χ2v) is 8.54. The molecule has 0 spiro atoms. The van der Waals surface area contributed by atoms with E-state index in [1.807, 2.05) is 53.6 Å². The number of H-pyrrole nitrogens is 1. The molecule has 0 aliphatic carbocycles. The van der Waals surface area contributed by atoms with E-state index in [0.717, 1.165) is 33.3 Å². The van der Waals surface area contributed by atoms with Crippen molar-refractivity contribution in [3.8, 4) is 11.1 Å². The molecule has 4 aromatic rings. The van der Waals surface area contributed by atoms with Crippen LogP contribution in [0.3, 0.4) is 0 Å². The number of fused-ring (bicyclic) bond motifs is 1. The molecule has 5 rings (SSSR count). The van der Waals surface area contributed by atoms with Gasteiger partial charge in [-0.2, -0.15) is 0 Å². The predicted molar refractivity (Wildman–Crippen MR) is 136 cm³/mol. The maximum absolute atomic E-state index is 13.5. The number of anilines is 1. The van der Waals surface area contributed by atoms with Crippen LogP contribution in [-0.2, 0) is 11.3 Å². The number of aliphatic hydroxyl groups is 1. The number of ketones is 1. The Kier molecular flexibility index (Phi) is 6.61. The van der Waals surface area contributed by atoms with E-state index >= 15 is 0 Å². The number of nitrogens with zero attached hydrogens (tertiary/aromatic N) is 2. The van der Waals surface area contributed by atoms with Crippen LogP contribution in [0, 0.1) is 0 Å². The third kappa shape index (κ3) is 4.82. The van der Waals surface area contributed by atoms with Crippen molar-refractivity contribution in [2.75, 3.05) is 37.8 Å². The number of urea groups is 1. The fraction of sp³-hybridized carbons (Fsp3) is 0.214. The van der Waals surface area contributed by atoms with E-state index in [4.69, 9.17) is 9.84 Å². The zero-order chi connectivity index (χ0) is 24.2. The second-order valence-electron chi connectivity index (χ2n) is 8.54. The molecule has 1 saturated heterocycles. The van der Waals surface area contributed by atoms with Crippen molar-refractivity contribution < 1.29 is 19.4 Å². The van der Waals surface area contributed by atoms with Crippen molar-refractivity contribution in [2.45, 2.75) is 6.54 Å². The maximum atomic E-state index is 13.5. The Labute approximate surface area is 203 Å². The summed E-state index contributed by atoms with van der Waals surface area (Å²) in [7, 11) is 0. The van der Waals surface area contributed by atoms with Gasteiger partial charge in [-0.15, -0.1) is 0 Å². The highest BCUT2D eigenvalue weighted by Gasteiger charge is 2.24. The van der Waals surface area contributed by atoms with Gasteiger partial charge in [0, 0.05) is 41.4 Å². The van der Waals surface area contributed by atoms with Gasteiger partial charge < -0.3 is 19.7 Å². The summed E-state index contributed by atoms with van der Waals surface area (Å²) in [6.45, 7) is 1.98. The van der Waals surface area contributed by atoms with Crippen LogP contribution >= 0.6 is 0 Å². The molecule has 35 heavy (non-hydrogen) atoms. The van der Waals surface area contributed by atoms with Crippen LogP contribution in [-0.4, -0.2) is 59.7 Å². The number of benzene rings is 3. The number of amides is 2. The fourth-order valence-corrected chi connectivity index (χ4v) is 4.42. The normalized spacial score (nSPS) is 13.7. The summed E-state index contributed by atoms with van der Waals surface area (Å²) < 4.78 is 5.43. The molecule has 0 unspecified atom stereocenters. The molecule has 0 radical (unpaired) electrons. The van der Waals surface area contributed by atoms with Gasteiger partial charge in [0.25, 0.3) is 0 Å². The van der Waals surface area contributed by atoms with E-state index in [-0.39, 0.29) is 11.8 Å². The zero-order valence-electron chi connectivity index (χ0n) is 19.3. The largest absolute Gasteiger partial charge is 0.388 e. The molecule has 2 heterocycles. The van der Waals surface area contributed by atoms with Gasteiger partial charge in [0.1, 0.15) is 6.61 Å². The lowest BCUT2D eigenvalue weighted by atomic mass is 10.0. The number of Topliss-reactive ketones (excluding diaryl/α,β-unsaturated/α-hetero) is 1. The minimum absolute atomic E-state index is 0.0794. The van der Waals surface area contributed by atoms with E-state index in [2.05, 4.69) is 23.2 Å². The summed E-state index contributed by atoms with van der Waals surface area (Å²) in [5.41, 5.74) is 5.42. The molecule has 2 amide bonds. The lowest BCUT2D eigenvalue weighted by molar-refractivity contribution is 0.0548. The quantitative estimate of drug-likeness (QED) is 0.408. The van der Waals surface area contributed by atoms with Crippen molar-refractivity contribution in [2.24, 2.45) is 0 Å². The summed E-state index contributed by atoms with van der Waals surface area (Å²) in [5, 5.41) is 10.3. The highest BCUT2D eigenvalue weighted by atomic mass is 16.5. The summed E-state index contributed by atoms with van der Waals surface area (Å²) in [4.78, 5) is 32.1. The number of ether oxygens (including phenoxy) is 1. The van der Waals surface area contributed by atoms with Crippen LogP contribution in [0.4, 0.5) is 10.5 Å². The Morgan fingerprint density at radius 2 is 1.69 bits per heavy atom. The number of hydrogen-bond acceptors (Lipinski definition) is 4. The van der Waals surface area contributed by atoms with Crippen LogP contribution in [0.5, 0.6) is 0 Å². The Bertz CT molecular complexity index is 1320. The first-order chi connectivity index (χ1) is 17.1. The number of carbonyl (C=O) groups is 2. The molecule has 0 saturated carbocycles. The van der Waals surface area contributed by atoms with Crippen LogP contribution < -0.4 is 4.90 Å². The number of aromatic amines is 1. The number of rotatable bonds is 6. The van der Waals surface area contributed by atoms with Crippen molar-refractivity contribution in [1.29, 1.82) is 0 Å². The third-order valence-electron chi connectivity index (χ3n) is 6.36. The summed E-state index contributed by atoms with van der Waals surface area (Å²) >= 11 is 0. The third-order valence-corrected chi connectivity index (χ3v) is 6.36. The Morgan fingerprint density at radius 3 is 2.40 bits per heavy atom. The van der Waals surface area contributed by atoms with E-state index < -0.39 is 6.61 Å². The summed E-state index contributed by atoms with van der Waals surface area (Å²) in [6, 6.07) is 23.2. The van der Waals surface area contributed by atoms with Crippen molar-refractivity contribution >= 4 is 28.4 Å². The number of nitrogens with one attached hydrogen (secondary N) is 1. The molecular weight excluding hydrogens is 442 g/mol. The highest BCUT2D eigenvalue weighted by molar-refractivity contribution is 5.97. The molecule has 1 aliphatic rings. The molecule has 1 fully saturated rings. The van der Waals surface area contributed by atoms with Crippen molar-refractivity contribution in [3.05, 3.63) is 90.1 Å². The van der Waals surface area contributed by atoms with Crippen LogP contribution in [0.15, 0.2) is 79.0 Å². The van der Waals surface area contributed by atoms with Gasteiger partial charge in [-0.05, 0) is 41.0 Å². The van der Waals surface area contributed by atoms with Crippen molar-refractivity contribution in [3.63, 3.8) is 0 Å². The van der Waals surface area contributed by atoms with E-state index in [9.17, 15) is 9.59 Å². The second kappa shape index (κ2) is 10.1. The minimum atomic E-state index is -0.524. The molecule has 1 aliphatic heterocycles. The molecule has 1 aromatic heterocycles. The lowest BCUT2D eigenvalue weighted by Gasteiger charge is -2.33. The SMILES string of the molecule is O=C(CO)c1ccc(CN(C(=O)N2CCOCC2)c2ccc(-c3cccc4[nH]ccc34)cc2)cc1. The van der Waals surface area contributed by atoms with Gasteiger partial charge >= 0.3 is 6.03 Å². The van der Waals surface area contributed by atoms with Gasteiger partial charge in [0.05, 0.1) is 19.8 Å². The van der Waals surface area contributed by atoms with Crippen LogP contribution in [0.25, 0.3) is 22.0 Å². The van der Waals surface area contributed by atoms with E-state index in [1.165, 1.54) is 0 Å². The smallest absolute Gasteiger partial charge is 0.324 e. The van der Waals surface area contributed by atoms with Crippen LogP contribution in [0.2, 0.25) is 0 Å². The average molecular weight is 470 g/mol. The van der Waals surface area contributed by atoms with Gasteiger partial charge in [0.15, 0.2) is 5.78 Å². The fourth-order valence-electron chi connectivity index (χ4n) is 4.42. The topological polar surface area (TPSA) is 85.9 Å². The number of aromatic nitrogens is 1. The molecule has 7 nitrogen and oxygen atoms in total. The first kappa shape index (κ1) is 22.8. The number of aliphatic hydroxyl groups excluding tert-OH is 1. The van der Waals surface area contributed by atoms with Gasteiger partial charge in [0.2, 0.25) is 0 Å². The van der Waals surface area contributed by atoms with Gasteiger partial charge in [-0.3, -0.25) is 9.69 Å². The summed E-state index contributed by atoms with van der Waals surface area (Å²) in [5.74, 6) is -0.328. The minimum Gasteiger partial charge on any atom is -0.388 e. The van der Waals surface area contributed by atoms with Gasteiger partial charge in [-0.25, -0.2) is 4.79 Å². The monoisotopic (exact) mass is 469 g/mol. The molecule has 3 aromatic carbocycles.